The molecule has 1 aliphatic carbocycles. The molecule has 16 heavy (non-hydrogen) atoms. The third-order valence-corrected chi connectivity index (χ3v) is 4.75. The number of benzene rings is 1. The van der Waals surface area contributed by atoms with E-state index < -0.39 is 0 Å². The summed E-state index contributed by atoms with van der Waals surface area (Å²) in [5, 5.41) is 1.23. The van der Waals surface area contributed by atoms with Crippen LogP contribution in [0.25, 0.3) is 10.2 Å². The minimum absolute atomic E-state index is 0.296. The van der Waals surface area contributed by atoms with Crippen molar-refractivity contribution in [1.29, 1.82) is 0 Å². The molecule has 0 bridgehead atoms. The Bertz CT molecular complexity index is 526. The third-order valence-electron chi connectivity index (χ3n) is 3.59. The average Bonchev–Trinajstić information content (AvgIpc) is 3.01. The standard InChI is InChI=1S/C13H16N2S/c1-2-12-15-10-4-3-9(7-11(10)16-12)13(8-14)5-6-13/h3-4,7H,2,5-6,8,14H2,1H3. The van der Waals surface area contributed by atoms with Gasteiger partial charge >= 0.3 is 0 Å². The van der Waals surface area contributed by atoms with Crippen molar-refractivity contribution in [2.45, 2.75) is 31.6 Å². The van der Waals surface area contributed by atoms with E-state index in [0.717, 1.165) is 18.5 Å². The van der Waals surface area contributed by atoms with Gasteiger partial charge in [0.1, 0.15) is 0 Å². The van der Waals surface area contributed by atoms with Gasteiger partial charge in [0.05, 0.1) is 15.2 Å². The van der Waals surface area contributed by atoms with E-state index in [4.69, 9.17) is 5.73 Å². The van der Waals surface area contributed by atoms with E-state index in [9.17, 15) is 0 Å². The van der Waals surface area contributed by atoms with Gasteiger partial charge in [0.15, 0.2) is 0 Å². The molecular weight excluding hydrogens is 216 g/mol. The molecule has 3 heteroatoms. The van der Waals surface area contributed by atoms with Crippen molar-refractivity contribution in [3.63, 3.8) is 0 Å². The van der Waals surface area contributed by atoms with Crippen LogP contribution in [-0.4, -0.2) is 11.5 Å². The second-order valence-electron chi connectivity index (χ2n) is 4.63. The Morgan fingerprint density at radius 3 is 2.88 bits per heavy atom. The number of aromatic nitrogens is 1. The Morgan fingerprint density at radius 2 is 2.25 bits per heavy atom. The highest BCUT2D eigenvalue weighted by Gasteiger charge is 2.42. The fraction of sp³-hybridized carbons (Fsp3) is 0.462. The van der Waals surface area contributed by atoms with Gasteiger partial charge in [-0.2, -0.15) is 0 Å². The summed E-state index contributed by atoms with van der Waals surface area (Å²) < 4.78 is 1.31. The molecule has 2 N–H and O–H groups in total. The molecule has 0 spiro atoms. The summed E-state index contributed by atoms with van der Waals surface area (Å²) >= 11 is 1.81. The molecule has 0 radical (unpaired) electrons. The van der Waals surface area contributed by atoms with Gasteiger partial charge in [-0.3, -0.25) is 0 Å². The quantitative estimate of drug-likeness (QED) is 0.883. The summed E-state index contributed by atoms with van der Waals surface area (Å²) in [6.07, 6.45) is 3.51. The van der Waals surface area contributed by atoms with Crippen molar-refractivity contribution in [1.82, 2.24) is 4.98 Å². The van der Waals surface area contributed by atoms with Crippen molar-refractivity contribution in [3.8, 4) is 0 Å². The van der Waals surface area contributed by atoms with Gasteiger partial charge in [0.2, 0.25) is 0 Å². The number of nitrogens with two attached hydrogens (primary N) is 1. The first kappa shape index (κ1) is 10.2. The Kier molecular flexibility index (Phi) is 2.26. The number of hydrogen-bond acceptors (Lipinski definition) is 3. The maximum absolute atomic E-state index is 5.86. The van der Waals surface area contributed by atoms with Crippen LogP contribution in [0, 0.1) is 0 Å². The van der Waals surface area contributed by atoms with E-state index in [0.29, 0.717) is 5.41 Å². The summed E-state index contributed by atoms with van der Waals surface area (Å²) in [6, 6.07) is 6.66. The van der Waals surface area contributed by atoms with Crippen LogP contribution in [0.4, 0.5) is 0 Å². The fourth-order valence-corrected chi connectivity index (χ4v) is 3.16. The first-order valence-corrected chi connectivity index (χ1v) is 6.69. The zero-order valence-electron chi connectivity index (χ0n) is 9.49. The smallest absolute Gasteiger partial charge is 0.0935 e. The summed E-state index contributed by atoms with van der Waals surface area (Å²) in [4.78, 5) is 4.59. The van der Waals surface area contributed by atoms with Crippen LogP contribution >= 0.6 is 11.3 Å². The lowest BCUT2D eigenvalue weighted by Crippen LogP contribution is -2.19. The Labute approximate surface area is 99.5 Å². The molecule has 0 aliphatic heterocycles. The largest absolute Gasteiger partial charge is 0.330 e. The van der Waals surface area contributed by atoms with Crippen LogP contribution in [-0.2, 0) is 11.8 Å². The molecule has 1 saturated carbocycles. The molecule has 3 rings (SSSR count). The molecule has 1 heterocycles. The van der Waals surface area contributed by atoms with E-state index in [1.807, 2.05) is 11.3 Å². The highest BCUT2D eigenvalue weighted by molar-refractivity contribution is 7.18. The number of hydrogen-bond donors (Lipinski definition) is 1. The van der Waals surface area contributed by atoms with E-state index >= 15 is 0 Å². The zero-order valence-corrected chi connectivity index (χ0v) is 10.3. The topological polar surface area (TPSA) is 38.9 Å². The molecular formula is C13H16N2S. The van der Waals surface area contributed by atoms with Gasteiger partial charge in [-0.05, 0) is 37.0 Å². The van der Waals surface area contributed by atoms with Crippen molar-refractivity contribution in [2.75, 3.05) is 6.54 Å². The van der Waals surface area contributed by atoms with Crippen molar-refractivity contribution < 1.29 is 0 Å². The van der Waals surface area contributed by atoms with Gasteiger partial charge in [-0.15, -0.1) is 11.3 Å². The zero-order chi connectivity index (χ0) is 11.2. The summed E-state index contributed by atoms with van der Waals surface area (Å²) in [5.41, 5.74) is 8.71. The molecule has 1 aliphatic rings. The second-order valence-corrected chi connectivity index (χ2v) is 5.74. The summed E-state index contributed by atoms with van der Waals surface area (Å²) in [6.45, 7) is 2.93. The van der Waals surface area contributed by atoms with Gasteiger partial charge in [0, 0.05) is 12.0 Å². The van der Waals surface area contributed by atoms with E-state index in [-0.39, 0.29) is 0 Å². The van der Waals surface area contributed by atoms with Crippen molar-refractivity contribution in [2.24, 2.45) is 5.73 Å². The number of rotatable bonds is 3. The van der Waals surface area contributed by atoms with Crippen molar-refractivity contribution >= 4 is 21.6 Å². The second kappa shape index (κ2) is 3.54. The maximum atomic E-state index is 5.86. The van der Waals surface area contributed by atoms with Crippen LogP contribution < -0.4 is 5.73 Å². The predicted molar refractivity (Wildman–Crippen MR) is 69.0 cm³/mol. The van der Waals surface area contributed by atoms with Crippen LogP contribution in [0.5, 0.6) is 0 Å². The van der Waals surface area contributed by atoms with Crippen LogP contribution in [0.3, 0.4) is 0 Å². The maximum Gasteiger partial charge on any atom is 0.0935 e. The van der Waals surface area contributed by atoms with Crippen LogP contribution in [0.15, 0.2) is 18.2 Å². The minimum Gasteiger partial charge on any atom is -0.330 e. The van der Waals surface area contributed by atoms with Gasteiger partial charge < -0.3 is 5.73 Å². The number of fused-ring (bicyclic) bond motifs is 1. The van der Waals surface area contributed by atoms with Gasteiger partial charge in [-0.25, -0.2) is 4.98 Å². The van der Waals surface area contributed by atoms with E-state index in [1.54, 1.807) is 0 Å². The third kappa shape index (κ3) is 1.46. The SMILES string of the molecule is CCc1nc2ccc(C3(CN)CC3)cc2s1. The summed E-state index contributed by atoms with van der Waals surface area (Å²) in [5.74, 6) is 0. The van der Waals surface area contributed by atoms with Crippen LogP contribution in [0.2, 0.25) is 0 Å². The van der Waals surface area contributed by atoms with E-state index in [1.165, 1.54) is 28.1 Å². The Morgan fingerprint density at radius 1 is 1.44 bits per heavy atom. The lowest BCUT2D eigenvalue weighted by molar-refractivity contribution is 0.706. The molecule has 1 aromatic carbocycles. The molecule has 0 saturated heterocycles. The molecule has 1 fully saturated rings. The molecule has 0 amide bonds. The minimum atomic E-state index is 0.296. The number of nitrogens with zero attached hydrogens (tertiary/aromatic N) is 1. The normalized spacial score (nSPS) is 17.9. The lowest BCUT2D eigenvalue weighted by Gasteiger charge is -2.11. The molecule has 84 valence electrons. The fourth-order valence-electron chi connectivity index (χ4n) is 2.21. The van der Waals surface area contributed by atoms with E-state index in [2.05, 4.69) is 30.1 Å². The first-order chi connectivity index (χ1) is 7.77. The first-order valence-electron chi connectivity index (χ1n) is 5.87. The lowest BCUT2D eigenvalue weighted by atomic mass is 9.96. The number of aryl methyl sites for hydroxylation is 1. The summed E-state index contributed by atoms with van der Waals surface area (Å²) in [7, 11) is 0. The molecule has 2 aromatic rings. The van der Waals surface area contributed by atoms with Crippen LogP contribution in [0.1, 0.15) is 30.3 Å². The molecule has 1 aromatic heterocycles. The monoisotopic (exact) mass is 232 g/mol. The average molecular weight is 232 g/mol. The predicted octanol–water partition coefficient (Wildman–Crippen LogP) is 2.85. The van der Waals surface area contributed by atoms with Crippen molar-refractivity contribution in [3.05, 3.63) is 28.8 Å². The highest BCUT2D eigenvalue weighted by atomic mass is 32.1. The Hall–Kier alpha value is -0.930. The molecule has 0 atom stereocenters. The number of thiazole rings is 1. The Balaban J connectivity index is 2.08. The van der Waals surface area contributed by atoms with Gasteiger partial charge in [-0.1, -0.05) is 13.0 Å². The molecule has 0 unspecified atom stereocenters. The highest BCUT2D eigenvalue weighted by Crippen LogP contribution is 2.47. The van der Waals surface area contributed by atoms with Gasteiger partial charge in [0.25, 0.3) is 0 Å². The molecule has 2 nitrogen and oxygen atoms in total.